The third-order valence-electron chi connectivity index (χ3n) is 5.57. The van der Waals surface area contributed by atoms with Crippen molar-refractivity contribution in [3.05, 3.63) is 76.6 Å². The Labute approximate surface area is 159 Å². The molecule has 3 aromatic rings. The van der Waals surface area contributed by atoms with E-state index in [-0.39, 0.29) is 5.56 Å². The third kappa shape index (κ3) is 4.03. The highest BCUT2D eigenvalue weighted by Gasteiger charge is 2.22. The number of rotatable bonds is 5. The Balaban J connectivity index is 1.40. The molecule has 0 spiro atoms. The molecule has 1 aliphatic rings. The van der Waals surface area contributed by atoms with Crippen molar-refractivity contribution in [1.82, 2.24) is 19.4 Å². The topological polar surface area (TPSA) is 53.9 Å². The summed E-state index contributed by atoms with van der Waals surface area (Å²) in [6.07, 6.45) is 5.54. The molecule has 1 saturated heterocycles. The Morgan fingerprint density at radius 2 is 1.89 bits per heavy atom. The van der Waals surface area contributed by atoms with Crippen molar-refractivity contribution in [1.29, 1.82) is 0 Å². The van der Waals surface area contributed by atoms with Gasteiger partial charge in [0.15, 0.2) is 0 Å². The molecule has 1 aliphatic heterocycles. The second-order valence-electron chi connectivity index (χ2n) is 7.42. The molecule has 5 heteroatoms. The van der Waals surface area contributed by atoms with Crippen LogP contribution in [0.4, 0.5) is 0 Å². The van der Waals surface area contributed by atoms with E-state index in [0.29, 0.717) is 18.2 Å². The molecule has 140 valence electrons. The second kappa shape index (κ2) is 7.92. The van der Waals surface area contributed by atoms with Crippen LogP contribution in [0.3, 0.4) is 0 Å². The summed E-state index contributed by atoms with van der Waals surface area (Å²) >= 11 is 0. The monoisotopic (exact) mass is 362 g/mol. The van der Waals surface area contributed by atoms with Crippen molar-refractivity contribution < 1.29 is 0 Å². The Hall–Kier alpha value is -2.66. The van der Waals surface area contributed by atoms with Gasteiger partial charge in [-0.05, 0) is 56.5 Å². The van der Waals surface area contributed by atoms with Gasteiger partial charge in [-0.25, -0.2) is 0 Å². The van der Waals surface area contributed by atoms with Crippen LogP contribution >= 0.6 is 0 Å². The number of aromatic nitrogens is 3. The number of hydrogen-bond acceptors (Lipinski definition) is 3. The number of nitrogens with one attached hydrogen (secondary N) is 1. The quantitative estimate of drug-likeness (QED) is 0.756. The van der Waals surface area contributed by atoms with Crippen LogP contribution in [0, 0.1) is 12.8 Å². The van der Waals surface area contributed by atoms with Gasteiger partial charge in [-0.3, -0.25) is 14.7 Å². The fourth-order valence-corrected chi connectivity index (χ4v) is 3.96. The van der Waals surface area contributed by atoms with Gasteiger partial charge in [0.1, 0.15) is 5.69 Å². The number of aromatic amines is 1. The minimum absolute atomic E-state index is 0.0740. The zero-order valence-corrected chi connectivity index (χ0v) is 15.8. The Bertz CT molecular complexity index is 936. The maximum Gasteiger partial charge on any atom is 0.270 e. The first-order valence-corrected chi connectivity index (χ1v) is 9.67. The number of H-pyrrole nitrogens is 1. The summed E-state index contributed by atoms with van der Waals surface area (Å²) in [5, 5.41) is 0. The zero-order chi connectivity index (χ0) is 18.6. The SMILES string of the molecule is Cc1ccc(-c2ccccc2)n1CC1CCN(Cc2ncc[nH]c2=O)CC1. The van der Waals surface area contributed by atoms with Crippen LogP contribution in [-0.2, 0) is 13.1 Å². The highest BCUT2D eigenvalue weighted by molar-refractivity contribution is 5.60. The lowest BCUT2D eigenvalue weighted by Crippen LogP contribution is -2.36. The van der Waals surface area contributed by atoms with Crippen LogP contribution in [0.15, 0.2) is 59.7 Å². The average molecular weight is 362 g/mol. The summed E-state index contributed by atoms with van der Waals surface area (Å²) in [4.78, 5) is 21.1. The van der Waals surface area contributed by atoms with Gasteiger partial charge in [-0.15, -0.1) is 0 Å². The lowest BCUT2D eigenvalue weighted by Gasteiger charge is -2.32. The van der Waals surface area contributed by atoms with E-state index in [2.05, 4.69) is 68.8 Å². The molecule has 4 rings (SSSR count). The molecule has 0 radical (unpaired) electrons. The maximum absolute atomic E-state index is 11.8. The molecule has 2 aromatic heterocycles. The van der Waals surface area contributed by atoms with Crippen molar-refractivity contribution >= 4 is 0 Å². The molecular formula is C22H26N4O. The van der Waals surface area contributed by atoms with E-state index in [1.807, 2.05) is 0 Å². The minimum Gasteiger partial charge on any atom is -0.345 e. The van der Waals surface area contributed by atoms with E-state index in [9.17, 15) is 4.79 Å². The van der Waals surface area contributed by atoms with Crippen LogP contribution in [-0.4, -0.2) is 32.5 Å². The van der Waals surface area contributed by atoms with Crippen LogP contribution < -0.4 is 5.56 Å². The van der Waals surface area contributed by atoms with E-state index in [0.717, 1.165) is 32.5 Å². The van der Waals surface area contributed by atoms with Gasteiger partial charge in [0.2, 0.25) is 0 Å². The van der Waals surface area contributed by atoms with Gasteiger partial charge in [0, 0.05) is 36.9 Å². The average Bonchev–Trinajstić information content (AvgIpc) is 3.06. The highest BCUT2D eigenvalue weighted by Crippen LogP contribution is 2.27. The minimum atomic E-state index is -0.0740. The fraction of sp³-hybridized carbons (Fsp3) is 0.364. The number of nitrogens with zero attached hydrogens (tertiary/aromatic N) is 3. The molecule has 0 amide bonds. The highest BCUT2D eigenvalue weighted by atomic mass is 16.1. The van der Waals surface area contributed by atoms with Crippen LogP contribution in [0.25, 0.3) is 11.3 Å². The van der Waals surface area contributed by atoms with E-state index in [4.69, 9.17) is 0 Å². The van der Waals surface area contributed by atoms with Crippen molar-refractivity contribution in [2.75, 3.05) is 13.1 Å². The van der Waals surface area contributed by atoms with E-state index < -0.39 is 0 Å². The van der Waals surface area contributed by atoms with E-state index >= 15 is 0 Å². The molecular weight excluding hydrogens is 336 g/mol. The predicted octanol–water partition coefficient (Wildman–Crippen LogP) is 3.46. The summed E-state index contributed by atoms with van der Waals surface area (Å²) < 4.78 is 2.46. The van der Waals surface area contributed by atoms with Gasteiger partial charge >= 0.3 is 0 Å². The zero-order valence-electron chi connectivity index (χ0n) is 15.8. The summed E-state index contributed by atoms with van der Waals surface area (Å²) in [7, 11) is 0. The molecule has 5 nitrogen and oxygen atoms in total. The predicted molar refractivity (Wildman–Crippen MR) is 107 cm³/mol. The fourth-order valence-electron chi connectivity index (χ4n) is 3.96. The van der Waals surface area contributed by atoms with Gasteiger partial charge < -0.3 is 9.55 Å². The third-order valence-corrected chi connectivity index (χ3v) is 5.57. The standard InChI is InChI=1S/C22H26N4O/c1-17-7-8-21(19-5-3-2-4-6-19)26(17)15-18-9-13-25(14-10-18)16-20-22(27)24-12-11-23-20/h2-8,11-12,18H,9-10,13-16H2,1H3,(H,24,27). The number of likely N-dealkylation sites (tertiary alicyclic amines) is 1. The smallest absolute Gasteiger partial charge is 0.270 e. The Kier molecular flexibility index (Phi) is 5.21. The largest absolute Gasteiger partial charge is 0.345 e. The van der Waals surface area contributed by atoms with Gasteiger partial charge in [0.25, 0.3) is 5.56 Å². The van der Waals surface area contributed by atoms with Crippen molar-refractivity contribution in [2.24, 2.45) is 5.92 Å². The Morgan fingerprint density at radius 1 is 1.11 bits per heavy atom. The molecule has 0 atom stereocenters. The van der Waals surface area contributed by atoms with Gasteiger partial charge in [0.05, 0.1) is 0 Å². The maximum atomic E-state index is 11.8. The lowest BCUT2D eigenvalue weighted by atomic mass is 9.96. The normalized spacial score (nSPS) is 15.9. The van der Waals surface area contributed by atoms with Crippen LogP contribution in [0.5, 0.6) is 0 Å². The van der Waals surface area contributed by atoms with Crippen molar-refractivity contribution in [2.45, 2.75) is 32.9 Å². The molecule has 0 bridgehead atoms. The molecule has 1 aromatic carbocycles. The first-order valence-electron chi connectivity index (χ1n) is 9.67. The molecule has 0 saturated carbocycles. The number of hydrogen-bond donors (Lipinski definition) is 1. The molecule has 0 aliphatic carbocycles. The van der Waals surface area contributed by atoms with Crippen LogP contribution in [0.2, 0.25) is 0 Å². The molecule has 3 heterocycles. The number of benzene rings is 1. The summed E-state index contributed by atoms with van der Waals surface area (Å²) in [5.41, 5.74) is 4.43. The van der Waals surface area contributed by atoms with Crippen molar-refractivity contribution in [3.8, 4) is 11.3 Å². The molecule has 1 fully saturated rings. The van der Waals surface area contributed by atoms with E-state index in [1.165, 1.54) is 17.0 Å². The first-order chi connectivity index (χ1) is 13.2. The van der Waals surface area contributed by atoms with Crippen molar-refractivity contribution in [3.63, 3.8) is 0 Å². The summed E-state index contributed by atoms with van der Waals surface area (Å²) in [6.45, 7) is 5.92. The summed E-state index contributed by atoms with van der Waals surface area (Å²) in [5.74, 6) is 0.664. The Morgan fingerprint density at radius 3 is 2.63 bits per heavy atom. The number of aryl methyl sites for hydroxylation is 1. The van der Waals surface area contributed by atoms with Crippen LogP contribution in [0.1, 0.15) is 24.2 Å². The lowest BCUT2D eigenvalue weighted by molar-refractivity contribution is 0.165. The number of piperidine rings is 1. The molecule has 27 heavy (non-hydrogen) atoms. The van der Waals surface area contributed by atoms with E-state index in [1.54, 1.807) is 12.4 Å². The molecule has 0 unspecified atom stereocenters. The summed E-state index contributed by atoms with van der Waals surface area (Å²) in [6, 6.07) is 15.1. The van der Waals surface area contributed by atoms with Gasteiger partial charge in [-0.2, -0.15) is 0 Å². The van der Waals surface area contributed by atoms with Gasteiger partial charge in [-0.1, -0.05) is 30.3 Å². The molecule has 1 N–H and O–H groups in total. The second-order valence-corrected chi connectivity index (χ2v) is 7.42. The first kappa shape index (κ1) is 17.7.